The fourth-order valence-corrected chi connectivity index (χ4v) is 1.47. The maximum atomic E-state index is 10.7. The van der Waals surface area contributed by atoms with Crippen LogP contribution in [0.2, 0.25) is 5.02 Å². The molecule has 6 nitrogen and oxygen atoms in total. The van der Waals surface area contributed by atoms with Gasteiger partial charge in [-0.2, -0.15) is 10.4 Å². The first kappa shape index (κ1) is 11.1. The molecule has 0 fully saturated rings. The standard InChI is InChI=1S/C10H5ClN4O2/c11-8-6(3-12)1-2-13-9(8)15-5-7(4-14-15)10(16)17/h1-2,4-5H,(H,16,17). The van der Waals surface area contributed by atoms with E-state index in [0.717, 1.165) is 0 Å². The predicted octanol–water partition coefficient (Wildman–Crippen LogP) is 1.49. The van der Waals surface area contributed by atoms with E-state index >= 15 is 0 Å². The normalized spacial score (nSPS) is 9.88. The average molecular weight is 249 g/mol. The van der Waals surface area contributed by atoms with E-state index in [9.17, 15) is 4.79 Å². The summed E-state index contributed by atoms with van der Waals surface area (Å²) in [5.74, 6) is -0.873. The molecule has 0 aliphatic heterocycles. The molecule has 2 rings (SSSR count). The molecule has 7 heteroatoms. The Morgan fingerprint density at radius 1 is 1.59 bits per heavy atom. The highest BCUT2D eigenvalue weighted by molar-refractivity contribution is 6.33. The zero-order valence-electron chi connectivity index (χ0n) is 8.33. The van der Waals surface area contributed by atoms with Crippen molar-refractivity contribution in [1.29, 1.82) is 5.26 Å². The van der Waals surface area contributed by atoms with Crippen LogP contribution in [0.5, 0.6) is 0 Å². The molecule has 84 valence electrons. The first-order valence-electron chi connectivity index (χ1n) is 4.46. The van der Waals surface area contributed by atoms with Gasteiger partial charge in [0.05, 0.1) is 17.3 Å². The Balaban J connectivity index is 2.53. The van der Waals surface area contributed by atoms with E-state index in [1.54, 1.807) is 0 Å². The number of rotatable bonds is 2. The minimum absolute atomic E-state index is 0.0187. The van der Waals surface area contributed by atoms with Gasteiger partial charge in [-0.15, -0.1) is 0 Å². The number of pyridine rings is 1. The van der Waals surface area contributed by atoms with Gasteiger partial charge < -0.3 is 5.11 Å². The fraction of sp³-hybridized carbons (Fsp3) is 0. The van der Waals surface area contributed by atoms with Crippen LogP contribution in [0.25, 0.3) is 5.82 Å². The van der Waals surface area contributed by atoms with Crippen molar-refractivity contribution >= 4 is 17.6 Å². The summed E-state index contributed by atoms with van der Waals surface area (Å²) >= 11 is 5.94. The van der Waals surface area contributed by atoms with Gasteiger partial charge >= 0.3 is 5.97 Å². The number of aromatic carboxylic acids is 1. The summed E-state index contributed by atoms with van der Waals surface area (Å²) in [5.41, 5.74) is 0.272. The maximum absolute atomic E-state index is 10.7. The van der Waals surface area contributed by atoms with Crippen LogP contribution in [-0.2, 0) is 0 Å². The quantitative estimate of drug-likeness (QED) is 0.869. The van der Waals surface area contributed by atoms with Crippen LogP contribution < -0.4 is 0 Å². The Hall–Kier alpha value is -2.39. The molecule has 1 N–H and O–H groups in total. The van der Waals surface area contributed by atoms with E-state index in [0.29, 0.717) is 0 Å². The number of carboxylic acid groups (broad SMARTS) is 1. The molecule has 0 bridgehead atoms. The summed E-state index contributed by atoms with van der Waals surface area (Å²) in [6.07, 6.45) is 3.86. The van der Waals surface area contributed by atoms with Crippen molar-refractivity contribution in [1.82, 2.24) is 14.8 Å². The number of nitriles is 1. The highest BCUT2D eigenvalue weighted by atomic mass is 35.5. The zero-order valence-corrected chi connectivity index (χ0v) is 9.09. The van der Waals surface area contributed by atoms with Gasteiger partial charge in [0.2, 0.25) is 0 Å². The molecule has 0 saturated heterocycles. The first-order chi connectivity index (χ1) is 8.13. The third-order valence-electron chi connectivity index (χ3n) is 2.04. The molecule has 0 amide bonds. The fourth-order valence-electron chi connectivity index (χ4n) is 1.23. The molecule has 0 aliphatic rings. The molecule has 2 aromatic rings. The van der Waals surface area contributed by atoms with Gasteiger partial charge in [-0.05, 0) is 6.07 Å². The molecule has 0 radical (unpaired) electrons. The largest absolute Gasteiger partial charge is 0.478 e. The van der Waals surface area contributed by atoms with Crippen molar-refractivity contribution in [3.63, 3.8) is 0 Å². The number of carboxylic acids is 1. The van der Waals surface area contributed by atoms with Crippen molar-refractivity contribution in [3.8, 4) is 11.9 Å². The van der Waals surface area contributed by atoms with E-state index in [1.165, 1.54) is 29.3 Å². The second-order valence-electron chi connectivity index (χ2n) is 3.09. The SMILES string of the molecule is N#Cc1ccnc(-n2cc(C(=O)O)cn2)c1Cl. The lowest BCUT2D eigenvalue weighted by Gasteiger charge is -2.03. The lowest BCUT2D eigenvalue weighted by molar-refractivity contribution is 0.0697. The topological polar surface area (TPSA) is 91.8 Å². The number of carbonyl (C=O) groups is 1. The third-order valence-corrected chi connectivity index (χ3v) is 2.41. The number of aromatic nitrogens is 3. The van der Waals surface area contributed by atoms with Gasteiger partial charge in [0.1, 0.15) is 11.1 Å². The molecule has 2 heterocycles. The predicted molar refractivity (Wildman–Crippen MR) is 58.0 cm³/mol. The molecule has 0 aromatic carbocycles. The summed E-state index contributed by atoms with van der Waals surface area (Å²) < 4.78 is 1.21. The van der Waals surface area contributed by atoms with Gasteiger partial charge in [0.25, 0.3) is 0 Å². The smallest absolute Gasteiger partial charge is 0.338 e. The second-order valence-corrected chi connectivity index (χ2v) is 3.46. The van der Waals surface area contributed by atoms with Crippen molar-refractivity contribution in [2.24, 2.45) is 0 Å². The zero-order chi connectivity index (χ0) is 12.4. The summed E-state index contributed by atoms with van der Waals surface area (Å²) in [6, 6.07) is 3.37. The molecule has 2 aromatic heterocycles. The lowest BCUT2D eigenvalue weighted by Crippen LogP contribution is -2.00. The first-order valence-corrected chi connectivity index (χ1v) is 4.84. The Morgan fingerprint density at radius 2 is 2.35 bits per heavy atom. The van der Waals surface area contributed by atoms with Gasteiger partial charge in [-0.3, -0.25) is 0 Å². The molecule has 0 atom stereocenters. The Labute approximate surface area is 101 Å². The molecule has 0 aliphatic carbocycles. The summed E-state index contributed by atoms with van der Waals surface area (Å²) in [7, 11) is 0. The number of nitrogens with zero attached hydrogens (tertiary/aromatic N) is 4. The van der Waals surface area contributed by atoms with Crippen molar-refractivity contribution in [2.45, 2.75) is 0 Å². The van der Waals surface area contributed by atoms with E-state index in [1.807, 2.05) is 6.07 Å². The van der Waals surface area contributed by atoms with E-state index in [-0.39, 0.29) is 22.0 Å². The molecule has 0 spiro atoms. The number of hydrogen-bond acceptors (Lipinski definition) is 4. The summed E-state index contributed by atoms with van der Waals surface area (Å²) in [6.45, 7) is 0. The summed E-state index contributed by atoms with van der Waals surface area (Å²) in [4.78, 5) is 14.6. The maximum Gasteiger partial charge on any atom is 0.338 e. The number of halogens is 1. The minimum Gasteiger partial charge on any atom is -0.478 e. The Morgan fingerprint density at radius 3 is 2.94 bits per heavy atom. The molecule has 17 heavy (non-hydrogen) atoms. The molecule has 0 unspecified atom stereocenters. The van der Waals surface area contributed by atoms with Crippen LogP contribution in [0.3, 0.4) is 0 Å². The Kier molecular flexibility index (Phi) is 2.77. The van der Waals surface area contributed by atoms with Crippen LogP contribution in [0.4, 0.5) is 0 Å². The average Bonchev–Trinajstić information content (AvgIpc) is 2.78. The van der Waals surface area contributed by atoms with Gasteiger partial charge in [0.15, 0.2) is 5.82 Å². The highest BCUT2D eigenvalue weighted by Crippen LogP contribution is 2.21. The van der Waals surface area contributed by atoms with Gasteiger partial charge in [-0.1, -0.05) is 11.6 Å². The molecular weight excluding hydrogens is 244 g/mol. The van der Waals surface area contributed by atoms with Crippen molar-refractivity contribution in [2.75, 3.05) is 0 Å². The van der Waals surface area contributed by atoms with Crippen LogP contribution in [0.15, 0.2) is 24.7 Å². The van der Waals surface area contributed by atoms with Gasteiger partial charge in [-0.25, -0.2) is 14.5 Å². The lowest BCUT2D eigenvalue weighted by atomic mass is 10.3. The summed E-state index contributed by atoms with van der Waals surface area (Å²) in [5, 5.41) is 21.5. The van der Waals surface area contributed by atoms with Gasteiger partial charge in [0, 0.05) is 12.4 Å². The third kappa shape index (κ3) is 1.96. The van der Waals surface area contributed by atoms with E-state index in [4.69, 9.17) is 22.0 Å². The van der Waals surface area contributed by atoms with Crippen molar-refractivity contribution < 1.29 is 9.90 Å². The molecular formula is C10H5ClN4O2. The van der Waals surface area contributed by atoms with Crippen LogP contribution in [-0.4, -0.2) is 25.8 Å². The van der Waals surface area contributed by atoms with Crippen LogP contribution in [0.1, 0.15) is 15.9 Å². The second kappa shape index (κ2) is 4.23. The van der Waals surface area contributed by atoms with Crippen LogP contribution >= 0.6 is 11.6 Å². The monoisotopic (exact) mass is 248 g/mol. The van der Waals surface area contributed by atoms with E-state index < -0.39 is 5.97 Å². The number of hydrogen-bond donors (Lipinski definition) is 1. The van der Waals surface area contributed by atoms with E-state index in [2.05, 4.69) is 10.1 Å². The van der Waals surface area contributed by atoms with Crippen LogP contribution in [0, 0.1) is 11.3 Å². The highest BCUT2D eigenvalue weighted by Gasteiger charge is 2.12. The Bertz CT molecular complexity index is 629. The molecule has 0 saturated carbocycles. The van der Waals surface area contributed by atoms with Crippen molar-refractivity contribution in [3.05, 3.63) is 40.8 Å². The minimum atomic E-state index is -1.09.